The van der Waals surface area contributed by atoms with Crippen molar-refractivity contribution in [2.75, 3.05) is 13.2 Å². The standard InChI is InChI=1S/C16H21N3OS/c1-12-18-19-16(21-12)10-17-15(9-13-7-8-20-11-13)14-5-3-2-4-6-14/h2-6,13,15,17H,7-11H2,1H3/t13-,15+/m1/s1. The Labute approximate surface area is 129 Å². The number of rotatable bonds is 6. The molecule has 112 valence electrons. The van der Waals surface area contributed by atoms with Crippen LogP contribution in [0.2, 0.25) is 0 Å². The second-order valence-electron chi connectivity index (χ2n) is 5.52. The fourth-order valence-electron chi connectivity index (χ4n) is 2.74. The van der Waals surface area contributed by atoms with E-state index in [1.165, 1.54) is 12.0 Å². The Kier molecular flexibility index (Phi) is 4.95. The lowest BCUT2D eigenvalue weighted by atomic mass is 9.94. The molecule has 1 aromatic heterocycles. The van der Waals surface area contributed by atoms with Gasteiger partial charge in [-0.15, -0.1) is 21.5 Å². The van der Waals surface area contributed by atoms with Crippen LogP contribution in [0.3, 0.4) is 0 Å². The smallest absolute Gasteiger partial charge is 0.131 e. The van der Waals surface area contributed by atoms with Crippen LogP contribution in [-0.2, 0) is 11.3 Å². The summed E-state index contributed by atoms with van der Waals surface area (Å²) in [5, 5.41) is 14.0. The zero-order chi connectivity index (χ0) is 14.5. The third-order valence-corrected chi connectivity index (χ3v) is 4.70. The van der Waals surface area contributed by atoms with Crippen LogP contribution >= 0.6 is 11.3 Å². The molecule has 1 N–H and O–H groups in total. The van der Waals surface area contributed by atoms with Crippen molar-refractivity contribution in [3.8, 4) is 0 Å². The molecule has 0 saturated carbocycles. The van der Waals surface area contributed by atoms with E-state index in [0.717, 1.165) is 36.2 Å². The maximum Gasteiger partial charge on any atom is 0.131 e. The monoisotopic (exact) mass is 303 g/mol. The van der Waals surface area contributed by atoms with Gasteiger partial charge >= 0.3 is 0 Å². The molecule has 0 unspecified atom stereocenters. The summed E-state index contributed by atoms with van der Waals surface area (Å²) in [6.45, 7) is 4.56. The molecule has 1 fully saturated rings. The van der Waals surface area contributed by atoms with Crippen molar-refractivity contribution in [2.24, 2.45) is 5.92 Å². The predicted octanol–water partition coefficient (Wildman–Crippen LogP) is 3.10. The van der Waals surface area contributed by atoms with Crippen LogP contribution < -0.4 is 5.32 Å². The van der Waals surface area contributed by atoms with Crippen LogP contribution in [0.15, 0.2) is 30.3 Å². The molecule has 0 radical (unpaired) electrons. The summed E-state index contributed by atoms with van der Waals surface area (Å²) in [6, 6.07) is 11.0. The van der Waals surface area contributed by atoms with E-state index in [0.29, 0.717) is 12.0 Å². The molecular weight excluding hydrogens is 282 g/mol. The van der Waals surface area contributed by atoms with Crippen LogP contribution in [0, 0.1) is 12.8 Å². The van der Waals surface area contributed by atoms with Crippen LogP contribution in [0.5, 0.6) is 0 Å². The number of nitrogens with zero attached hydrogens (tertiary/aromatic N) is 2. The lowest BCUT2D eigenvalue weighted by Crippen LogP contribution is -2.23. The largest absolute Gasteiger partial charge is 0.381 e. The number of hydrogen-bond donors (Lipinski definition) is 1. The maximum atomic E-state index is 5.51. The molecule has 1 aromatic carbocycles. The number of aromatic nitrogens is 2. The lowest BCUT2D eigenvalue weighted by molar-refractivity contribution is 0.181. The first-order chi connectivity index (χ1) is 10.3. The van der Waals surface area contributed by atoms with Gasteiger partial charge in [0.25, 0.3) is 0 Å². The summed E-state index contributed by atoms with van der Waals surface area (Å²) in [5.74, 6) is 0.652. The highest BCUT2D eigenvalue weighted by molar-refractivity contribution is 7.11. The molecule has 1 aliphatic rings. The minimum atomic E-state index is 0.349. The summed E-state index contributed by atoms with van der Waals surface area (Å²) in [5.41, 5.74) is 1.34. The van der Waals surface area contributed by atoms with Gasteiger partial charge in [0.05, 0.1) is 6.54 Å². The fourth-order valence-corrected chi connectivity index (χ4v) is 3.40. The molecular formula is C16H21N3OS. The van der Waals surface area contributed by atoms with Crippen LogP contribution in [-0.4, -0.2) is 23.4 Å². The van der Waals surface area contributed by atoms with E-state index < -0.39 is 0 Å². The van der Waals surface area contributed by atoms with Gasteiger partial charge in [0, 0.05) is 19.3 Å². The Morgan fingerprint density at radius 1 is 1.33 bits per heavy atom. The Hall–Kier alpha value is -1.30. The average molecular weight is 303 g/mol. The summed E-state index contributed by atoms with van der Waals surface area (Å²) in [6.07, 6.45) is 2.28. The van der Waals surface area contributed by atoms with Gasteiger partial charge in [-0.1, -0.05) is 30.3 Å². The van der Waals surface area contributed by atoms with Crippen molar-refractivity contribution in [1.82, 2.24) is 15.5 Å². The van der Waals surface area contributed by atoms with Gasteiger partial charge in [-0.2, -0.15) is 0 Å². The van der Waals surface area contributed by atoms with Crippen LogP contribution in [0.25, 0.3) is 0 Å². The molecule has 0 aliphatic carbocycles. The fraction of sp³-hybridized carbons (Fsp3) is 0.500. The summed E-state index contributed by atoms with van der Waals surface area (Å²) in [4.78, 5) is 0. The summed E-state index contributed by atoms with van der Waals surface area (Å²) < 4.78 is 5.51. The maximum absolute atomic E-state index is 5.51. The number of nitrogens with one attached hydrogen (secondary N) is 1. The quantitative estimate of drug-likeness (QED) is 0.891. The highest BCUT2D eigenvalue weighted by Gasteiger charge is 2.21. The minimum absolute atomic E-state index is 0.349. The molecule has 5 heteroatoms. The second-order valence-corrected chi connectivity index (χ2v) is 6.79. The number of ether oxygens (including phenoxy) is 1. The van der Waals surface area contributed by atoms with E-state index in [-0.39, 0.29) is 0 Å². The van der Waals surface area contributed by atoms with Gasteiger partial charge in [0.15, 0.2) is 0 Å². The molecule has 0 amide bonds. The lowest BCUT2D eigenvalue weighted by Gasteiger charge is -2.21. The number of aryl methyl sites for hydroxylation is 1. The Balaban J connectivity index is 1.66. The number of hydrogen-bond acceptors (Lipinski definition) is 5. The molecule has 1 aliphatic heterocycles. The number of benzene rings is 1. The molecule has 2 atom stereocenters. The van der Waals surface area contributed by atoms with Crippen LogP contribution in [0.4, 0.5) is 0 Å². The Morgan fingerprint density at radius 2 is 2.19 bits per heavy atom. The van der Waals surface area contributed by atoms with E-state index in [1.807, 2.05) is 6.92 Å². The molecule has 4 nitrogen and oxygen atoms in total. The van der Waals surface area contributed by atoms with E-state index >= 15 is 0 Å². The van der Waals surface area contributed by atoms with E-state index in [9.17, 15) is 0 Å². The summed E-state index contributed by atoms with van der Waals surface area (Å²) >= 11 is 1.66. The van der Waals surface area contributed by atoms with E-state index in [2.05, 4.69) is 45.8 Å². The van der Waals surface area contributed by atoms with Gasteiger partial charge in [-0.05, 0) is 31.2 Å². The molecule has 2 aromatic rings. The second kappa shape index (κ2) is 7.11. The first kappa shape index (κ1) is 14.6. The highest BCUT2D eigenvalue weighted by Crippen LogP contribution is 2.27. The van der Waals surface area contributed by atoms with Gasteiger partial charge in [0.2, 0.25) is 0 Å². The molecule has 0 spiro atoms. The minimum Gasteiger partial charge on any atom is -0.381 e. The van der Waals surface area contributed by atoms with Crippen molar-refractivity contribution in [3.63, 3.8) is 0 Å². The molecule has 3 rings (SSSR count). The van der Waals surface area contributed by atoms with Crippen molar-refractivity contribution in [3.05, 3.63) is 45.9 Å². The third-order valence-electron chi connectivity index (χ3n) is 3.86. The van der Waals surface area contributed by atoms with Gasteiger partial charge in [0.1, 0.15) is 10.0 Å². The first-order valence-corrected chi connectivity index (χ1v) is 8.28. The topological polar surface area (TPSA) is 47.0 Å². The van der Waals surface area contributed by atoms with Crippen molar-refractivity contribution >= 4 is 11.3 Å². The van der Waals surface area contributed by atoms with Gasteiger partial charge in [-0.3, -0.25) is 0 Å². The zero-order valence-electron chi connectivity index (χ0n) is 12.3. The molecule has 21 heavy (non-hydrogen) atoms. The Bertz CT molecular complexity index is 552. The van der Waals surface area contributed by atoms with Gasteiger partial charge < -0.3 is 10.1 Å². The third kappa shape index (κ3) is 4.09. The van der Waals surface area contributed by atoms with Crippen molar-refractivity contribution in [1.29, 1.82) is 0 Å². The van der Waals surface area contributed by atoms with Crippen molar-refractivity contribution < 1.29 is 4.74 Å². The molecule has 0 bridgehead atoms. The van der Waals surface area contributed by atoms with E-state index in [1.54, 1.807) is 11.3 Å². The molecule has 2 heterocycles. The van der Waals surface area contributed by atoms with Crippen molar-refractivity contribution in [2.45, 2.75) is 32.4 Å². The van der Waals surface area contributed by atoms with Gasteiger partial charge in [-0.25, -0.2) is 0 Å². The first-order valence-electron chi connectivity index (χ1n) is 7.46. The Morgan fingerprint density at radius 3 is 2.86 bits per heavy atom. The zero-order valence-corrected chi connectivity index (χ0v) is 13.1. The normalized spacial score (nSPS) is 19.8. The van der Waals surface area contributed by atoms with E-state index in [4.69, 9.17) is 4.74 Å². The average Bonchev–Trinajstić information content (AvgIpc) is 3.16. The highest BCUT2D eigenvalue weighted by atomic mass is 32.1. The van der Waals surface area contributed by atoms with Crippen LogP contribution in [0.1, 0.15) is 34.5 Å². The summed E-state index contributed by atoms with van der Waals surface area (Å²) in [7, 11) is 0. The SMILES string of the molecule is Cc1nnc(CN[C@@H](C[C@H]2CCOC2)c2ccccc2)s1. The molecule has 1 saturated heterocycles. The predicted molar refractivity (Wildman–Crippen MR) is 84.2 cm³/mol.